The maximum atomic E-state index is 11.9. The molecule has 14 heavy (non-hydrogen) atoms. The second-order valence-electron chi connectivity index (χ2n) is 5.75. The second kappa shape index (κ2) is 2.96. The number of rotatable bonds is 1. The van der Waals surface area contributed by atoms with Crippen molar-refractivity contribution in [2.75, 3.05) is 0 Å². The van der Waals surface area contributed by atoms with Gasteiger partial charge in [-0.2, -0.15) is 0 Å². The highest BCUT2D eigenvalue weighted by molar-refractivity contribution is 5.80. The van der Waals surface area contributed by atoms with Crippen molar-refractivity contribution in [3.63, 3.8) is 0 Å². The van der Waals surface area contributed by atoms with E-state index in [1.165, 1.54) is 0 Å². The van der Waals surface area contributed by atoms with Crippen LogP contribution in [0.1, 0.15) is 47.5 Å². The van der Waals surface area contributed by atoms with Gasteiger partial charge in [-0.15, -0.1) is 0 Å². The Bertz CT molecular complexity index is 253. The normalized spacial score (nSPS) is 37.6. The van der Waals surface area contributed by atoms with Crippen molar-refractivity contribution in [3.05, 3.63) is 0 Å². The number of hydrogen-bond acceptors (Lipinski definition) is 3. The largest absolute Gasteiger partial charge is 0.459 e. The van der Waals surface area contributed by atoms with Crippen molar-refractivity contribution < 1.29 is 9.53 Å². The summed E-state index contributed by atoms with van der Waals surface area (Å²) in [6, 6.07) is 0. The van der Waals surface area contributed by atoms with E-state index < -0.39 is 16.6 Å². The highest BCUT2D eigenvalue weighted by Gasteiger charge is 2.57. The van der Waals surface area contributed by atoms with Crippen molar-refractivity contribution in [1.29, 1.82) is 0 Å². The fraction of sp³-hybridized carbons (Fsp3) is 0.909. The van der Waals surface area contributed by atoms with Crippen LogP contribution in [0.4, 0.5) is 0 Å². The molecule has 0 spiro atoms. The fourth-order valence-corrected chi connectivity index (χ4v) is 1.62. The molecule has 0 radical (unpaired) electrons. The van der Waals surface area contributed by atoms with E-state index in [-0.39, 0.29) is 5.97 Å². The zero-order chi connectivity index (χ0) is 11.2. The Morgan fingerprint density at radius 2 is 1.79 bits per heavy atom. The topological polar surface area (TPSA) is 52.3 Å². The van der Waals surface area contributed by atoms with Gasteiger partial charge in [0.1, 0.15) is 5.60 Å². The molecule has 0 unspecified atom stereocenters. The van der Waals surface area contributed by atoms with Gasteiger partial charge in [0.2, 0.25) is 0 Å². The van der Waals surface area contributed by atoms with Gasteiger partial charge in [-0.05, 0) is 47.5 Å². The van der Waals surface area contributed by atoms with Gasteiger partial charge in [0, 0.05) is 5.54 Å². The molecule has 0 saturated heterocycles. The summed E-state index contributed by atoms with van der Waals surface area (Å²) in [6.45, 7) is 9.44. The fourth-order valence-electron chi connectivity index (χ4n) is 1.62. The maximum absolute atomic E-state index is 11.9. The molecule has 3 heteroatoms. The molecule has 2 N–H and O–H groups in total. The molecule has 1 rings (SSSR count). The summed E-state index contributed by atoms with van der Waals surface area (Å²) in [7, 11) is 0. The first-order valence-electron chi connectivity index (χ1n) is 5.11. The van der Waals surface area contributed by atoms with Crippen LogP contribution in [0.5, 0.6) is 0 Å². The molecule has 0 aromatic rings. The molecule has 0 heterocycles. The van der Waals surface area contributed by atoms with E-state index in [0.717, 1.165) is 12.8 Å². The van der Waals surface area contributed by atoms with Crippen LogP contribution in [0.2, 0.25) is 0 Å². The van der Waals surface area contributed by atoms with Gasteiger partial charge < -0.3 is 10.5 Å². The standard InChI is InChI=1S/C11H21NO2/c1-9(2,3)14-8(13)10(4)6-7-11(10,5)12/h6-7,12H2,1-5H3/t10-,11-/m1/s1. The van der Waals surface area contributed by atoms with E-state index in [4.69, 9.17) is 10.5 Å². The molecule has 1 aliphatic rings. The maximum Gasteiger partial charge on any atom is 0.314 e. The summed E-state index contributed by atoms with van der Waals surface area (Å²) in [6.07, 6.45) is 1.72. The molecule has 0 bridgehead atoms. The van der Waals surface area contributed by atoms with E-state index in [1.807, 2.05) is 34.6 Å². The molecule has 1 fully saturated rings. The molecule has 2 atom stereocenters. The van der Waals surface area contributed by atoms with E-state index in [9.17, 15) is 4.79 Å². The number of nitrogens with two attached hydrogens (primary N) is 1. The lowest BCUT2D eigenvalue weighted by Gasteiger charge is -2.52. The Kier molecular flexibility index (Phi) is 2.43. The lowest BCUT2D eigenvalue weighted by molar-refractivity contribution is -0.179. The quantitative estimate of drug-likeness (QED) is 0.656. The zero-order valence-corrected chi connectivity index (χ0v) is 9.81. The van der Waals surface area contributed by atoms with Gasteiger partial charge in [-0.1, -0.05) is 0 Å². The second-order valence-corrected chi connectivity index (χ2v) is 5.75. The first-order chi connectivity index (χ1) is 6.08. The minimum absolute atomic E-state index is 0.166. The van der Waals surface area contributed by atoms with Gasteiger partial charge in [-0.3, -0.25) is 4.79 Å². The van der Waals surface area contributed by atoms with Crippen molar-refractivity contribution >= 4 is 5.97 Å². The van der Waals surface area contributed by atoms with Gasteiger partial charge in [0.05, 0.1) is 5.41 Å². The van der Waals surface area contributed by atoms with Crippen LogP contribution in [0.25, 0.3) is 0 Å². The van der Waals surface area contributed by atoms with Crippen LogP contribution in [0.15, 0.2) is 0 Å². The molecule has 3 nitrogen and oxygen atoms in total. The molecule has 0 aliphatic heterocycles. The summed E-state index contributed by atoms with van der Waals surface area (Å²) in [5.41, 5.74) is 4.69. The molecule has 0 aromatic heterocycles. The van der Waals surface area contributed by atoms with Crippen LogP contribution < -0.4 is 5.73 Å². The lowest BCUT2D eigenvalue weighted by Crippen LogP contribution is -2.64. The summed E-state index contributed by atoms with van der Waals surface area (Å²) < 4.78 is 5.36. The van der Waals surface area contributed by atoms with Crippen molar-refractivity contribution in [2.24, 2.45) is 11.1 Å². The number of hydrogen-bond donors (Lipinski definition) is 1. The first-order valence-corrected chi connectivity index (χ1v) is 5.11. The van der Waals surface area contributed by atoms with Crippen LogP contribution in [0, 0.1) is 5.41 Å². The molecule has 0 amide bonds. The van der Waals surface area contributed by atoms with E-state index in [1.54, 1.807) is 0 Å². The minimum Gasteiger partial charge on any atom is -0.459 e. The summed E-state index contributed by atoms with van der Waals surface area (Å²) in [5.74, 6) is -0.166. The third kappa shape index (κ3) is 1.78. The number of ether oxygens (including phenoxy) is 1. The van der Waals surface area contributed by atoms with E-state index in [2.05, 4.69) is 0 Å². The third-order valence-electron chi connectivity index (χ3n) is 3.25. The average molecular weight is 199 g/mol. The predicted molar refractivity (Wildman–Crippen MR) is 55.8 cm³/mol. The van der Waals surface area contributed by atoms with E-state index in [0.29, 0.717) is 0 Å². The van der Waals surface area contributed by atoms with Crippen molar-refractivity contribution in [3.8, 4) is 0 Å². The Morgan fingerprint density at radius 1 is 1.29 bits per heavy atom. The monoisotopic (exact) mass is 199 g/mol. The van der Waals surface area contributed by atoms with Crippen LogP contribution >= 0.6 is 0 Å². The molecular weight excluding hydrogens is 178 g/mol. The average Bonchev–Trinajstić information content (AvgIpc) is 1.97. The minimum atomic E-state index is -0.500. The molecule has 82 valence electrons. The van der Waals surface area contributed by atoms with Gasteiger partial charge in [-0.25, -0.2) is 0 Å². The predicted octanol–water partition coefficient (Wildman–Crippen LogP) is 1.85. The van der Waals surface area contributed by atoms with Crippen LogP contribution in [-0.4, -0.2) is 17.1 Å². The number of carbonyl (C=O) groups is 1. The Morgan fingerprint density at radius 3 is 2.00 bits per heavy atom. The molecular formula is C11H21NO2. The van der Waals surface area contributed by atoms with E-state index >= 15 is 0 Å². The molecule has 1 saturated carbocycles. The van der Waals surface area contributed by atoms with Gasteiger partial charge in [0.25, 0.3) is 0 Å². The lowest BCUT2D eigenvalue weighted by atomic mass is 9.57. The summed E-state index contributed by atoms with van der Waals surface area (Å²) in [4.78, 5) is 11.9. The highest BCUT2D eigenvalue weighted by Crippen LogP contribution is 2.49. The van der Waals surface area contributed by atoms with Crippen molar-refractivity contribution in [1.82, 2.24) is 0 Å². The molecule has 1 aliphatic carbocycles. The third-order valence-corrected chi connectivity index (χ3v) is 3.25. The Labute approximate surface area is 86.0 Å². The highest BCUT2D eigenvalue weighted by atomic mass is 16.6. The zero-order valence-electron chi connectivity index (χ0n) is 9.81. The smallest absolute Gasteiger partial charge is 0.314 e. The Hall–Kier alpha value is -0.570. The number of esters is 1. The van der Waals surface area contributed by atoms with Crippen LogP contribution in [0.3, 0.4) is 0 Å². The first kappa shape index (κ1) is 11.5. The van der Waals surface area contributed by atoms with Crippen LogP contribution in [-0.2, 0) is 9.53 Å². The molecule has 0 aromatic carbocycles. The summed E-state index contributed by atoms with van der Waals surface area (Å²) >= 11 is 0. The summed E-state index contributed by atoms with van der Waals surface area (Å²) in [5, 5.41) is 0. The van der Waals surface area contributed by atoms with Crippen molar-refractivity contribution in [2.45, 2.75) is 58.6 Å². The Balaban J connectivity index is 2.71. The van der Waals surface area contributed by atoms with Gasteiger partial charge in [0.15, 0.2) is 0 Å². The number of carbonyl (C=O) groups excluding carboxylic acids is 1. The van der Waals surface area contributed by atoms with Gasteiger partial charge >= 0.3 is 5.97 Å². The SMILES string of the molecule is CC(C)(C)OC(=O)[C@@]1(C)CC[C@@]1(C)N.